The lowest BCUT2D eigenvalue weighted by atomic mass is 9.88. The van der Waals surface area contributed by atoms with Crippen LogP contribution in [0.4, 0.5) is 11.4 Å². The molecule has 6 heteroatoms. The number of benzene rings is 7. The Bertz CT molecular complexity index is 2940. The van der Waals surface area contributed by atoms with Crippen molar-refractivity contribution in [2.24, 2.45) is 10.2 Å². The maximum Gasteiger partial charge on any atom is 0.343 e. The zero-order valence-corrected chi connectivity index (χ0v) is 48.5. The Hall–Kier alpha value is -6.40. The molecule has 7 aromatic carbocycles. The molecule has 0 spiro atoms. The molecule has 0 aliphatic rings. The molecule has 0 saturated heterocycles. The van der Waals surface area contributed by atoms with Crippen molar-refractivity contribution in [3.05, 3.63) is 167 Å². The summed E-state index contributed by atoms with van der Waals surface area (Å²) in [6.45, 7) is 6.86. The third kappa shape index (κ3) is 19.4. The first-order chi connectivity index (χ1) is 39.0. The quantitative estimate of drug-likeness (QED) is 0.0168. The predicted octanol–water partition coefficient (Wildman–Crippen LogP) is 22.7. The molecule has 0 aliphatic heterocycles. The average Bonchev–Trinajstić information content (AvgIpc) is 3.63. The molecule has 0 fully saturated rings. The van der Waals surface area contributed by atoms with Gasteiger partial charge in [-0.1, -0.05) is 254 Å². The van der Waals surface area contributed by atoms with Crippen molar-refractivity contribution in [3.8, 4) is 22.6 Å². The minimum Gasteiger partial charge on any atom is -0.422 e. The highest BCUT2D eigenvalue weighted by molar-refractivity contribution is 6.11. The smallest absolute Gasteiger partial charge is 0.343 e. The summed E-state index contributed by atoms with van der Waals surface area (Å²) < 4.78 is 13.1. The van der Waals surface area contributed by atoms with Crippen molar-refractivity contribution < 1.29 is 19.1 Å². The fourth-order valence-electron chi connectivity index (χ4n) is 11.3. The van der Waals surface area contributed by atoms with Crippen molar-refractivity contribution in [1.29, 1.82) is 0 Å². The number of carbonyl (C=O) groups is 2. The van der Waals surface area contributed by atoms with Gasteiger partial charge in [0.15, 0.2) is 0 Å². The van der Waals surface area contributed by atoms with Crippen molar-refractivity contribution in [2.45, 2.75) is 213 Å². The molecule has 0 aliphatic carbocycles. The number of azo groups is 1. The molecule has 79 heavy (non-hydrogen) atoms. The van der Waals surface area contributed by atoms with E-state index in [1.54, 1.807) is 24.3 Å². The van der Waals surface area contributed by atoms with E-state index in [0.717, 1.165) is 59.3 Å². The molecular weight excluding hydrogens is 969 g/mol. The van der Waals surface area contributed by atoms with Crippen molar-refractivity contribution in [1.82, 2.24) is 0 Å². The van der Waals surface area contributed by atoms with Crippen LogP contribution in [0.2, 0.25) is 0 Å². The number of hydrogen-bond donors (Lipinski definition) is 0. The minimum absolute atomic E-state index is 0.368. The predicted molar refractivity (Wildman–Crippen MR) is 333 cm³/mol. The molecule has 7 rings (SSSR count). The molecule has 0 unspecified atom stereocenters. The second-order valence-corrected chi connectivity index (χ2v) is 22.2. The summed E-state index contributed by atoms with van der Waals surface area (Å²) in [6.07, 6.45) is 38.0. The normalized spacial score (nSPS) is 11.5. The number of ether oxygens (including phenoxy) is 2. The van der Waals surface area contributed by atoms with Crippen LogP contribution in [0.25, 0.3) is 32.7 Å². The van der Waals surface area contributed by atoms with Crippen LogP contribution < -0.4 is 9.47 Å². The Kier molecular flexibility index (Phi) is 26.4. The molecule has 0 N–H and O–H groups in total. The van der Waals surface area contributed by atoms with E-state index in [-0.39, 0.29) is 5.97 Å². The zero-order chi connectivity index (χ0) is 55.1. The Morgan fingerprint density at radius 1 is 0.342 bits per heavy atom. The van der Waals surface area contributed by atoms with E-state index in [0.29, 0.717) is 39.4 Å². The molecular formula is C73H92N2O4. The van der Waals surface area contributed by atoms with E-state index >= 15 is 4.79 Å². The summed E-state index contributed by atoms with van der Waals surface area (Å²) in [4.78, 5) is 29.3. The number of nitrogens with zero attached hydrogens (tertiary/aromatic N) is 2. The average molecular weight is 1060 g/mol. The van der Waals surface area contributed by atoms with E-state index in [4.69, 9.17) is 9.47 Å². The van der Waals surface area contributed by atoms with Crippen LogP contribution in [0.15, 0.2) is 150 Å². The van der Waals surface area contributed by atoms with Gasteiger partial charge in [0.1, 0.15) is 11.5 Å². The number of aryl methyl sites for hydroxylation is 2. The zero-order valence-electron chi connectivity index (χ0n) is 48.5. The molecule has 0 bridgehead atoms. The molecule has 0 amide bonds. The van der Waals surface area contributed by atoms with Gasteiger partial charge in [0, 0.05) is 11.1 Å². The van der Waals surface area contributed by atoms with Crippen LogP contribution in [0.5, 0.6) is 11.5 Å². The number of fused-ring (bicyclic) bond motifs is 2. The van der Waals surface area contributed by atoms with Gasteiger partial charge in [-0.05, 0) is 137 Å². The van der Waals surface area contributed by atoms with E-state index in [2.05, 4.69) is 61.3 Å². The Labute approximate surface area is 475 Å². The van der Waals surface area contributed by atoms with Crippen LogP contribution in [-0.2, 0) is 19.3 Å². The lowest BCUT2D eigenvalue weighted by Gasteiger charge is -2.20. The highest BCUT2D eigenvalue weighted by Crippen LogP contribution is 2.46. The first-order valence-corrected chi connectivity index (χ1v) is 31.2. The van der Waals surface area contributed by atoms with E-state index in [1.165, 1.54) is 177 Å². The lowest BCUT2D eigenvalue weighted by molar-refractivity contribution is 0.0723. The van der Waals surface area contributed by atoms with Gasteiger partial charge in [-0.15, -0.1) is 0 Å². The minimum atomic E-state index is -0.512. The van der Waals surface area contributed by atoms with E-state index in [9.17, 15) is 4.79 Å². The fraction of sp³-hybridized carbons (Fsp3) is 0.452. The van der Waals surface area contributed by atoms with Crippen LogP contribution in [0, 0.1) is 0 Å². The fourth-order valence-corrected chi connectivity index (χ4v) is 11.3. The van der Waals surface area contributed by atoms with Gasteiger partial charge in [0.2, 0.25) is 0 Å². The SMILES string of the molecule is CCCCCCCCCCCCCCCCc1cc(C(=O)Oc2ccc3ccccc3c2-c2c(OC(=O)c3ccc(/N=N/c4ccccc4)cc3)ccc3ccccc23)cc(CCCCCCC)c1CCCCCCCCCC. The van der Waals surface area contributed by atoms with Crippen molar-refractivity contribution in [2.75, 3.05) is 0 Å². The van der Waals surface area contributed by atoms with Crippen LogP contribution in [0.3, 0.4) is 0 Å². The number of hydrogen-bond acceptors (Lipinski definition) is 6. The third-order valence-corrected chi connectivity index (χ3v) is 15.9. The summed E-state index contributed by atoms with van der Waals surface area (Å²) in [5, 5.41) is 12.4. The monoisotopic (exact) mass is 1060 g/mol. The highest BCUT2D eigenvalue weighted by Gasteiger charge is 2.24. The van der Waals surface area contributed by atoms with E-state index < -0.39 is 5.97 Å². The first-order valence-electron chi connectivity index (χ1n) is 31.2. The molecule has 0 heterocycles. The number of unbranched alkanes of at least 4 members (excludes halogenated alkanes) is 24. The van der Waals surface area contributed by atoms with Gasteiger partial charge in [0.05, 0.1) is 22.5 Å². The molecule has 0 saturated carbocycles. The second-order valence-electron chi connectivity index (χ2n) is 22.2. The maximum atomic E-state index is 15.1. The van der Waals surface area contributed by atoms with E-state index in [1.807, 2.05) is 84.9 Å². The van der Waals surface area contributed by atoms with Crippen LogP contribution >= 0.6 is 0 Å². The maximum absolute atomic E-state index is 15.1. The van der Waals surface area contributed by atoms with Crippen molar-refractivity contribution >= 4 is 44.9 Å². The summed E-state index contributed by atoms with van der Waals surface area (Å²) in [6, 6.07) is 44.9. The van der Waals surface area contributed by atoms with Gasteiger partial charge in [-0.25, -0.2) is 9.59 Å². The molecule has 0 aromatic heterocycles. The standard InChI is InChI=1S/C73H92N2O4/c1-4-7-10-13-15-17-18-19-20-21-22-23-26-30-41-61-56-62(55-60(40-29-25-12-9-6-3)65(61)44-33-27-24-16-14-11-8-5-2)73(77)79-69-54-50-58-39-35-37-46-67(58)71(69)70-66-45-36-34-38-57(66)49-53-68(70)78-72(76)59-47-51-64(52-48-59)75-74-63-42-31-28-32-43-63/h28,31-32,34-39,42-43,45-56H,4-27,29-30,33,40-41,44H2,1-3H3/b75-74+. The number of rotatable bonds is 37. The highest BCUT2D eigenvalue weighted by atomic mass is 16.5. The van der Waals surface area contributed by atoms with Gasteiger partial charge in [-0.3, -0.25) is 0 Å². The molecule has 6 nitrogen and oxygen atoms in total. The summed E-state index contributed by atoms with van der Waals surface area (Å²) in [5.41, 5.74) is 7.87. The Morgan fingerprint density at radius 3 is 1.13 bits per heavy atom. The van der Waals surface area contributed by atoms with Crippen LogP contribution in [-0.4, -0.2) is 11.9 Å². The van der Waals surface area contributed by atoms with Crippen LogP contribution in [0.1, 0.15) is 232 Å². The van der Waals surface area contributed by atoms with Crippen molar-refractivity contribution in [3.63, 3.8) is 0 Å². The number of esters is 2. The molecule has 0 atom stereocenters. The molecule has 418 valence electrons. The van der Waals surface area contributed by atoms with Gasteiger partial charge in [-0.2, -0.15) is 10.2 Å². The second kappa shape index (κ2) is 34.6. The molecule has 7 aromatic rings. The van der Waals surface area contributed by atoms with Gasteiger partial charge >= 0.3 is 11.9 Å². The Morgan fingerprint density at radius 2 is 0.696 bits per heavy atom. The van der Waals surface area contributed by atoms with Gasteiger partial charge in [0.25, 0.3) is 0 Å². The first kappa shape index (κ1) is 60.2. The van der Waals surface area contributed by atoms with Gasteiger partial charge < -0.3 is 9.47 Å². The Balaban J connectivity index is 1.16. The number of carbonyl (C=O) groups excluding carboxylic acids is 2. The summed E-state index contributed by atoms with van der Waals surface area (Å²) >= 11 is 0. The third-order valence-electron chi connectivity index (χ3n) is 15.9. The lowest BCUT2D eigenvalue weighted by Crippen LogP contribution is -2.13. The largest absolute Gasteiger partial charge is 0.422 e. The summed E-state index contributed by atoms with van der Waals surface area (Å²) in [7, 11) is 0. The topological polar surface area (TPSA) is 77.3 Å². The molecule has 0 radical (unpaired) electrons. The summed E-state index contributed by atoms with van der Waals surface area (Å²) in [5.74, 6) is -0.0881.